The molecule has 0 saturated carbocycles. The van der Waals surface area contributed by atoms with Crippen LogP contribution >= 0.6 is 0 Å². The van der Waals surface area contributed by atoms with Crippen molar-refractivity contribution in [1.82, 2.24) is 0 Å². The third-order valence-electron chi connectivity index (χ3n) is 4.72. The first-order valence-corrected chi connectivity index (χ1v) is 10.8. The number of ether oxygens (including phenoxy) is 2. The Morgan fingerprint density at radius 2 is 1.78 bits per heavy atom. The number of carbonyl (C=O) groups is 1. The van der Waals surface area contributed by atoms with Gasteiger partial charge in [-0.3, -0.25) is 9.62 Å². The van der Waals surface area contributed by atoms with E-state index < -0.39 is 39.8 Å². The number of nitrogens with one attached hydrogen (secondary N) is 1. The van der Waals surface area contributed by atoms with Crippen LogP contribution in [0.1, 0.15) is 20.8 Å². The molecule has 12 heteroatoms. The van der Waals surface area contributed by atoms with Crippen molar-refractivity contribution in [2.45, 2.75) is 43.5 Å². The second-order valence-electron chi connectivity index (χ2n) is 7.62. The Hall–Kier alpha value is -3.02. The van der Waals surface area contributed by atoms with Gasteiger partial charge in [0.1, 0.15) is 18.2 Å². The predicted molar refractivity (Wildman–Crippen MR) is 108 cm³/mol. The molecule has 32 heavy (non-hydrogen) atoms. The maximum Gasteiger partial charge on any atom is 0.427 e. The molecule has 0 unspecified atom stereocenters. The zero-order chi connectivity index (χ0) is 23.9. The van der Waals surface area contributed by atoms with E-state index in [1.54, 1.807) is 6.92 Å². The summed E-state index contributed by atoms with van der Waals surface area (Å²) in [4.78, 5) is 11.8. The Bertz CT molecular complexity index is 1120. The zero-order valence-electron chi connectivity index (χ0n) is 17.2. The van der Waals surface area contributed by atoms with E-state index in [0.29, 0.717) is 13.8 Å². The van der Waals surface area contributed by atoms with E-state index in [2.05, 4.69) is 10.1 Å². The summed E-state index contributed by atoms with van der Waals surface area (Å²) >= 11 is 0. The minimum absolute atomic E-state index is 0.0104. The monoisotopic (exact) mass is 476 g/mol. The lowest BCUT2D eigenvalue weighted by Crippen LogP contribution is -2.45. The molecule has 0 bridgehead atoms. The Balaban J connectivity index is 1.93. The standard InChI is InChI=1S/C20H20F4N2O5S/c1-12-11-30-17-9-6-14(25-18(27)31-19(2,3)20(22,23)24)10-16(17)26(12)32(28,29)15-7-4-13(21)5-8-15/h4-10,12H,11H2,1-3H3,(H,25,27)/t12-/m0/s1. The quantitative estimate of drug-likeness (QED) is 0.648. The molecule has 0 fully saturated rings. The third-order valence-corrected chi connectivity index (χ3v) is 6.67. The molecule has 1 N–H and O–H groups in total. The first kappa shape index (κ1) is 23.6. The van der Waals surface area contributed by atoms with Crippen LogP contribution < -0.4 is 14.4 Å². The van der Waals surface area contributed by atoms with Crippen LogP contribution in [0.3, 0.4) is 0 Å². The molecule has 0 radical (unpaired) electrons. The highest BCUT2D eigenvalue weighted by Crippen LogP contribution is 2.40. The highest BCUT2D eigenvalue weighted by Gasteiger charge is 2.51. The van der Waals surface area contributed by atoms with Gasteiger partial charge >= 0.3 is 12.3 Å². The van der Waals surface area contributed by atoms with Crippen molar-refractivity contribution in [2.75, 3.05) is 16.2 Å². The van der Waals surface area contributed by atoms with Crippen LogP contribution in [0.5, 0.6) is 5.75 Å². The van der Waals surface area contributed by atoms with Crippen LogP contribution in [-0.2, 0) is 14.8 Å². The highest BCUT2D eigenvalue weighted by molar-refractivity contribution is 7.92. The lowest BCUT2D eigenvalue weighted by molar-refractivity contribution is -0.242. The normalized spacial score (nSPS) is 16.7. The van der Waals surface area contributed by atoms with Gasteiger partial charge in [0.2, 0.25) is 5.60 Å². The molecule has 2 aromatic rings. The number of hydrogen-bond donors (Lipinski definition) is 1. The van der Waals surface area contributed by atoms with Gasteiger partial charge in [0.25, 0.3) is 10.0 Å². The Morgan fingerprint density at radius 3 is 2.38 bits per heavy atom. The van der Waals surface area contributed by atoms with Gasteiger partial charge in [-0.15, -0.1) is 0 Å². The Morgan fingerprint density at radius 1 is 1.16 bits per heavy atom. The summed E-state index contributed by atoms with van der Waals surface area (Å²) in [6, 6.07) is 7.54. The molecule has 0 aromatic heterocycles. The van der Waals surface area contributed by atoms with Gasteiger partial charge in [-0.1, -0.05) is 0 Å². The Labute approximate surface area is 182 Å². The molecule has 7 nitrogen and oxygen atoms in total. The number of fused-ring (bicyclic) bond motifs is 1. The topological polar surface area (TPSA) is 84.9 Å². The van der Waals surface area contributed by atoms with E-state index in [1.165, 1.54) is 18.2 Å². The summed E-state index contributed by atoms with van der Waals surface area (Å²) in [6.45, 7) is 3.02. The van der Waals surface area contributed by atoms with Crippen molar-refractivity contribution in [3.8, 4) is 5.75 Å². The molecule has 1 aliphatic rings. The lowest BCUT2D eigenvalue weighted by atomic mass is 10.1. The van der Waals surface area contributed by atoms with Crippen molar-refractivity contribution < 1.29 is 40.2 Å². The fourth-order valence-corrected chi connectivity index (χ4v) is 4.57. The lowest BCUT2D eigenvalue weighted by Gasteiger charge is -2.36. The average Bonchev–Trinajstić information content (AvgIpc) is 2.66. The largest absolute Gasteiger partial charge is 0.489 e. The van der Waals surface area contributed by atoms with Crippen molar-refractivity contribution in [3.63, 3.8) is 0 Å². The SMILES string of the molecule is C[C@H]1COc2ccc(NC(=O)OC(C)(C)C(F)(F)F)cc2N1S(=O)(=O)c1ccc(F)cc1. The summed E-state index contributed by atoms with van der Waals surface area (Å²) in [6.07, 6.45) is -6.16. The van der Waals surface area contributed by atoms with Gasteiger partial charge in [-0.2, -0.15) is 13.2 Å². The average molecular weight is 476 g/mol. The molecular weight excluding hydrogens is 456 g/mol. The molecule has 1 aliphatic heterocycles. The molecule has 2 aromatic carbocycles. The van der Waals surface area contributed by atoms with Crippen LogP contribution in [0.2, 0.25) is 0 Å². The number of amides is 1. The summed E-state index contributed by atoms with van der Waals surface area (Å²) in [5.74, 6) is -0.422. The molecule has 0 spiro atoms. The number of hydrogen-bond acceptors (Lipinski definition) is 5. The second-order valence-corrected chi connectivity index (χ2v) is 9.43. The number of anilines is 2. The van der Waals surface area contributed by atoms with Crippen LogP contribution in [0, 0.1) is 5.82 Å². The number of nitrogens with zero attached hydrogens (tertiary/aromatic N) is 1. The predicted octanol–water partition coefficient (Wildman–Crippen LogP) is 4.69. The molecule has 1 amide bonds. The first-order chi connectivity index (χ1) is 14.7. The van der Waals surface area contributed by atoms with Crippen molar-refractivity contribution in [2.24, 2.45) is 0 Å². The van der Waals surface area contributed by atoms with Crippen LogP contribution in [-0.4, -0.2) is 38.9 Å². The summed E-state index contributed by atoms with van der Waals surface area (Å²) < 4.78 is 89.6. The van der Waals surface area contributed by atoms with E-state index in [1.807, 2.05) is 0 Å². The Kier molecular flexibility index (Phi) is 6.02. The van der Waals surface area contributed by atoms with Gasteiger partial charge in [0.15, 0.2) is 0 Å². The number of halogens is 4. The molecule has 3 rings (SSSR count). The minimum Gasteiger partial charge on any atom is -0.489 e. The number of sulfonamides is 1. The molecule has 174 valence electrons. The van der Waals surface area contributed by atoms with Gasteiger partial charge < -0.3 is 9.47 Å². The number of alkyl halides is 3. The summed E-state index contributed by atoms with van der Waals surface area (Å²) in [5, 5.41) is 2.17. The highest BCUT2D eigenvalue weighted by atomic mass is 32.2. The first-order valence-electron chi connectivity index (χ1n) is 9.36. The van der Waals surface area contributed by atoms with E-state index in [0.717, 1.165) is 28.6 Å². The number of rotatable bonds is 4. The molecule has 1 heterocycles. The van der Waals surface area contributed by atoms with E-state index in [-0.39, 0.29) is 28.6 Å². The van der Waals surface area contributed by atoms with E-state index >= 15 is 0 Å². The fraction of sp³-hybridized carbons (Fsp3) is 0.350. The van der Waals surface area contributed by atoms with Gasteiger partial charge in [-0.25, -0.2) is 17.6 Å². The molecular formula is C20H20F4N2O5S. The van der Waals surface area contributed by atoms with Crippen LogP contribution in [0.4, 0.5) is 33.7 Å². The number of carbonyl (C=O) groups excluding carboxylic acids is 1. The number of benzene rings is 2. The van der Waals surface area contributed by atoms with Gasteiger partial charge in [-0.05, 0) is 63.2 Å². The third kappa shape index (κ3) is 4.59. The maximum absolute atomic E-state index is 13.2. The molecule has 0 aliphatic carbocycles. The van der Waals surface area contributed by atoms with E-state index in [9.17, 15) is 30.8 Å². The van der Waals surface area contributed by atoms with E-state index in [4.69, 9.17) is 4.74 Å². The maximum atomic E-state index is 13.2. The minimum atomic E-state index is -4.79. The smallest absolute Gasteiger partial charge is 0.427 e. The fourth-order valence-electron chi connectivity index (χ4n) is 2.92. The molecule has 0 saturated heterocycles. The van der Waals surface area contributed by atoms with Gasteiger partial charge in [0.05, 0.1) is 16.6 Å². The molecule has 1 atom stereocenters. The van der Waals surface area contributed by atoms with Gasteiger partial charge in [0, 0.05) is 5.69 Å². The van der Waals surface area contributed by atoms with Crippen molar-refractivity contribution >= 4 is 27.5 Å². The second kappa shape index (κ2) is 8.15. The zero-order valence-corrected chi connectivity index (χ0v) is 18.1. The van der Waals surface area contributed by atoms with Crippen molar-refractivity contribution in [3.05, 3.63) is 48.3 Å². The van der Waals surface area contributed by atoms with Crippen LogP contribution in [0.25, 0.3) is 0 Å². The van der Waals surface area contributed by atoms with Crippen molar-refractivity contribution in [1.29, 1.82) is 0 Å². The summed E-state index contributed by atoms with van der Waals surface area (Å²) in [7, 11) is -4.14. The van der Waals surface area contributed by atoms with Crippen LogP contribution in [0.15, 0.2) is 47.4 Å². The summed E-state index contributed by atoms with van der Waals surface area (Å²) in [5.41, 5.74) is -2.69.